The Kier molecular flexibility index (Phi) is 2.89. The minimum absolute atomic E-state index is 0.0296. The first kappa shape index (κ1) is 12.6. The Labute approximate surface area is 127 Å². The Balaban J connectivity index is 1.78. The lowest BCUT2D eigenvalue weighted by molar-refractivity contribution is 0.820. The first-order valence-electron chi connectivity index (χ1n) is 6.93. The molecule has 0 radical (unpaired) electrons. The highest BCUT2D eigenvalue weighted by Gasteiger charge is 2.29. The van der Waals surface area contributed by atoms with Crippen molar-refractivity contribution in [1.82, 2.24) is 24.9 Å². The second kappa shape index (κ2) is 5.03. The van der Waals surface area contributed by atoms with Crippen LogP contribution >= 0.6 is 0 Å². The molecule has 0 fully saturated rings. The van der Waals surface area contributed by atoms with Crippen LogP contribution in [0.5, 0.6) is 0 Å². The van der Waals surface area contributed by atoms with Crippen LogP contribution in [0.2, 0.25) is 0 Å². The highest BCUT2D eigenvalue weighted by atomic mass is 15.4. The van der Waals surface area contributed by atoms with Crippen LogP contribution in [0, 0.1) is 0 Å². The molecule has 3 aromatic rings. The van der Waals surface area contributed by atoms with Gasteiger partial charge < -0.3 is 5.32 Å². The molecular formula is C15H13N7. The van der Waals surface area contributed by atoms with Crippen LogP contribution in [0.3, 0.4) is 0 Å². The highest BCUT2D eigenvalue weighted by Crippen LogP contribution is 2.35. The minimum Gasteiger partial charge on any atom is -0.347 e. The zero-order valence-electron chi connectivity index (χ0n) is 11.9. The van der Waals surface area contributed by atoms with Crippen molar-refractivity contribution in [1.29, 1.82) is 0 Å². The summed E-state index contributed by atoms with van der Waals surface area (Å²) in [6, 6.07) is 5.81. The molecule has 0 saturated heterocycles. The number of nitrogens with zero attached hydrogens (tertiary/aromatic N) is 6. The molecule has 1 atom stereocenters. The molecule has 3 aromatic heterocycles. The van der Waals surface area contributed by atoms with Crippen LogP contribution in [0.15, 0.2) is 49.2 Å². The van der Waals surface area contributed by atoms with Gasteiger partial charge in [0, 0.05) is 24.8 Å². The topological polar surface area (TPSA) is 79.7 Å². The van der Waals surface area contributed by atoms with Gasteiger partial charge in [0.25, 0.3) is 0 Å². The van der Waals surface area contributed by atoms with E-state index in [1.807, 2.05) is 30.0 Å². The maximum atomic E-state index is 4.69. The fourth-order valence-corrected chi connectivity index (χ4v) is 2.49. The molecule has 1 aliphatic rings. The van der Waals surface area contributed by atoms with Crippen molar-refractivity contribution < 1.29 is 0 Å². The summed E-state index contributed by atoms with van der Waals surface area (Å²) in [5.74, 6) is 2.34. The number of aromatic nitrogens is 5. The molecule has 0 bridgehead atoms. The average molecular weight is 291 g/mol. The highest BCUT2D eigenvalue weighted by molar-refractivity contribution is 5.75. The molecule has 0 saturated carbocycles. The Hall–Kier alpha value is -3.09. The molecule has 0 amide bonds. The van der Waals surface area contributed by atoms with E-state index in [4.69, 9.17) is 0 Å². The Morgan fingerprint density at radius 1 is 1.00 bits per heavy atom. The van der Waals surface area contributed by atoms with Crippen molar-refractivity contribution in [2.24, 2.45) is 0 Å². The van der Waals surface area contributed by atoms with E-state index >= 15 is 0 Å². The largest absolute Gasteiger partial charge is 0.347 e. The normalized spacial score (nSPS) is 16.2. The lowest BCUT2D eigenvalue weighted by Crippen LogP contribution is -2.29. The number of fused-ring (bicyclic) bond motifs is 1. The maximum absolute atomic E-state index is 4.69. The van der Waals surface area contributed by atoms with Gasteiger partial charge in [-0.1, -0.05) is 6.07 Å². The van der Waals surface area contributed by atoms with E-state index in [1.165, 1.54) is 0 Å². The van der Waals surface area contributed by atoms with E-state index in [0.29, 0.717) is 0 Å². The molecule has 7 heteroatoms. The lowest BCUT2D eigenvalue weighted by Gasteiger charge is -2.21. The van der Waals surface area contributed by atoms with Crippen molar-refractivity contribution in [2.45, 2.75) is 13.1 Å². The predicted octanol–water partition coefficient (Wildman–Crippen LogP) is 2.24. The Morgan fingerprint density at radius 3 is 2.73 bits per heavy atom. The number of hydrogen-bond acceptors (Lipinski definition) is 7. The second-order valence-electron chi connectivity index (χ2n) is 4.89. The third-order valence-corrected chi connectivity index (χ3v) is 3.45. The van der Waals surface area contributed by atoms with E-state index in [-0.39, 0.29) is 6.17 Å². The zero-order chi connectivity index (χ0) is 14.9. The summed E-state index contributed by atoms with van der Waals surface area (Å²) >= 11 is 0. The smallest absolute Gasteiger partial charge is 0.179 e. The van der Waals surface area contributed by atoms with Crippen molar-refractivity contribution >= 4 is 17.5 Å². The molecule has 0 unspecified atom stereocenters. The molecule has 4 rings (SSSR count). The fourth-order valence-electron chi connectivity index (χ4n) is 2.49. The molecule has 4 heterocycles. The SMILES string of the molecule is C[C@@H]1Nc2nccnc2N1c1cccc(-c2cnccn2)n1. The van der Waals surface area contributed by atoms with E-state index in [0.717, 1.165) is 28.8 Å². The van der Waals surface area contributed by atoms with Gasteiger partial charge in [-0.15, -0.1) is 0 Å². The summed E-state index contributed by atoms with van der Waals surface area (Å²) in [4.78, 5) is 23.8. The summed E-state index contributed by atoms with van der Waals surface area (Å²) in [7, 11) is 0. The van der Waals surface area contributed by atoms with Crippen LogP contribution in [-0.2, 0) is 0 Å². The van der Waals surface area contributed by atoms with Crippen LogP contribution in [-0.4, -0.2) is 31.1 Å². The van der Waals surface area contributed by atoms with E-state index in [1.54, 1.807) is 31.0 Å². The number of rotatable bonds is 2. The monoisotopic (exact) mass is 291 g/mol. The number of anilines is 3. The third kappa shape index (κ3) is 2.03. The summed E-state index contributed by atoms with van der Waals surface area (Å²) in [6.45, 7) is 2.04. The maximum Gasteiger partial charge on any atom is 0.179 e. The lowest BCUT2D eigenvalue weighted by atomic mass is 10.2. The molecule has 108 valence electrons. The van der Waals surface area contributed by atoms with Gasteiger partial charge in [-0.3, -0.25) is 14.9 Å². The molecule has 7 nitrogen and oxygen atoms in total. The summed E-state index contributed by atoms with van der Waals surface area (Å²) in [5, 5.41) is 3.29. The number of pyridine rings is 1. The van der Waals surface area contributed by atoms with Crippen molar-refractivity contribution in [2.75, 3.05) is 10.2 Å². The third-order valence-electron chi connectivity index (χ3n) is 3.45. The summed E-state index contributed by atoms with van der Waals surface area (Å²) < 4.78 is 0. The first-order chi connectivity index (χ1) is 10.8. The van der Waals surface area contributed by atoms with Gasteiger partial charge in [-0.05, 0) is 19.1 Å². The zero-order valence-corrected chi connectivity index (χ0v) is 11.9. The van der Waals surface area contributed by atoms with Gasteiger partial charge in [0.2, 0.25) is 0 Å². The van der Waals surface area contributed by atoms with Crippen LogP contribution in [0.25, 0.3) is 11.4 Å². The van der Waals surface area contributed by atoms with Crippen molar-refractivity contribution in [3.05, 3.63) is 49.2 Å². The van der Waals surface area contributed by atoms with Gasteiger partial charge in [-0.2, -0.15) is 0 Å². The molecule has 0 aliphatic carbocycles. The number of hydrogen-bond donors (Lipinski definition) is 1. The standard InChI is InChI=1S/C15H13N7/c1-10-20-14-15(19-8-7-18-14)22(10)13-4-2-3-11(21-13)12-9-16-5-6-17-12/h2-10H,1H3,(H,18,20)/t10-/m1/s1. The fraction of sp³-hybridized carbons (Fsp3) is 0.133. The van der Waals surface area contributed by atoms with E-state index in [9.17, 15) is 0 Å². The molecule has 0 aromatic carbocycles. The van der Waals surface area contributed by atoms with Gasteiger partial charge >= 0.3 is 0 Å². The Morgan fingerprint density at radius 2 is 1.86 bits per heavy atom. The quantitative estimate of drug-likeness (QED) is 0.775. The van der Waals surface area contributed by atoms with Gasteiger partial charge in [0.15, 0.2) is 11.6 Å². The Bertz CT molecular complexity index is 806. The van der Waals surface area contributed by atoms with Crippen LogP contribution < -0.4 is 10.2 Å². The van der Waals surface area contributed by atoms with E-state index in [2.05, 4.69) is 30.2 Å². The van der Waals surface area contributed by atoms with E-state index < -0.39 is 0 Å². The predicted molar refractivity (Wildman–Crippen MR) is 82.5 cm³/mol. The van der Waals surface area contributed by atoms with Crippen molar-refractivity contribution in [3.63, 3.8) is 0 Å². The minimum atomic E-state index is 0.0296. The number of nitrogens with one attached hydrogen (secondary N) is 1. The van der Waals surface area contributed by atoms with Gasteiger partial charge in [-0.25, -0.2) is 15.0 Å². The van der Waals surface area contributed by atoms with Crippen LogP contribution in [0.1, 0.15) is 6.92 Å². The summed E-state index contributed by atoms with van der Waals surface area (Å²) in [5.41, 5.74) is 1.51. The van der Waals surface area contributed by atoms with Gasteiger partial charge in [0.1, 0.15) is 17.7 Å². The molecular weight excluding hydrogens is 278 g/mol. The van der Waals surface area contributed by atoms with Crippen molar-refractivity contribution in [3.8, 4) is 11.4 Å². The second-order valence-corrected chi connectivity index (χ2v) is 4.89. The molecule has 1 N–H and O–H groups in total. The average Bonchev–Trinajstić information content (AvgIpc) is 2.91. The van der Waals surface area contributed by atoms with Gasteiger partial charge in [0.05, 0.1) is 11.9 Å². The molecule has 0 spiro atoms. The van der Waals surface area contributed by atoms with Crippen LogP contribution in [0.4, 0.5) is 17.5 Å². The molecule has 1 aliphatic heterocycles. The molecule has 22 heavy (non-hydrogen) atoms. The summed E-state index contributed by atoms with van der Waals surface area (Å²) in [6.07, 6.45) is 8.38. The first-order valence-corrected chi connectivity index (χ1v) is 6.93.